The average Bonchev–Trinajstić information content (AvgIpc) is 2.46. The predicted molar refractivity (Wildman–Crippen MR) is 115 cm³/mol. The van der Waals surface area contributed by atoms with Crippen molar-refractivity contribution in [2.24, 2.45) is 0 Å². The van der Waals surface area contributed by atoms with Crippen LogP contribution in [0.4, 0.5) is 0 Å². The fourth-order valence-corrected chi connectivity index (χ4v) is 9.93. The Balaban J connectivity index is 5.93. The Morgan fingerprint density at radius 2 is 1.35 bits per heavy atom. The maximum Gasteiger partial charge on any atom is 0.367 e. The Morgan fingerprint density at radius 3 is 1.57 bits per heavy atom. The second-order valence-electron chi connectivity index (χ2n) is 4.59. The fourth-order valence-electron chi connectivity index (χ4n) is 1.27. The van der Waals surface area contributed by atoms with Crippen LogP contribution in [0.1, 0.15) is 13.8 Å². The van der Waals surface area contributed by atoms with E-state index in [2.05, 4.69) is 0 Å². The highest BCUT2D eigenvalue weighted by molar-refractivity contribution is 8.51. The lowest BCUT2D eigenvalue weighted by Crippen LogP contribution is -2.30. The zero-order valence-corrected chi connectivity index (χ0v) is 19.5. The Kier molecular flexibility index (Phi) is 11.3. The lowest BCUT2D eigenvalue weighted by atomic mass is 10.9. The molecule has 0 bridgehead atoms. The number of hydrogen-bond donors (Lipinski definition) is 0. The van der Waals surface area contributed by atoms with E-state index in [1.165, 1.54) is 35.3 Å². The minimum absolute atomic E-state index is 0.282. The molecule has 0 spiro atoms. The van der Waals surface area contributed by atoms with E-state index in [1.54, 1.807) is 23.6 Å². The first-order valence-electron chi connectivity index (χ1n) is 6.84. The van der Waals surface area contributed by atoms with Gasteiger partial charge in [0.2, 0.25) is 3.15 Å². The van der Waals surface area contributed by atoms with Crippen LogP contribution in [-0.4, -0.2) is 69.3 Å². The first-order valence-corrected chi connectivity index (χ1v) is 12.1. The molecule has 0 N–H and O–H groups in total. The van der Waals surface area contributed by atoms with Gasteiger partial charge in [-0.3, -0.25) is 4.57 Å². The Labute approximate surface area is 163 Å². The Hall–Kier alpha value is 0.980. The molecule has 0 amide bonds. The second kappa shape index (κ2) is 10.9. The predicted octanol–water partition coefficient (Wildman–Crippen LogP) is 4.39. The smallest absolute Gasteiger partial charge is 0.364 e. The van der Waals surface area contributed by atoms with Crippen molar-refractivity contribution in [1.29, 1.82) is 0 Å². The molecule has 136 valence electrons. The molecule has 11 heteroatoms. The minimum atomic E-state index is -3.49. The van der Waals surface area contributed by atoms with Crippen molar-refractivity contribution in [2.45, 2.75) is 17.0 Å². The molecule has 0 aromatic carbocycles. The lowest BCUT2D eigenvalue weighted by Gasteiger charge is -2.37. The molecule has 0 aliphatic rings. The Bertz CT molecular complexity index is 430. The van der Waals surface area contributed by atoms with E-state index in [9.17, 15) is 4.57 Å². The molecule has 0 aromatic heterocycles. The summed E-state index contributed by atoms with van der Waals surface area (Å²) in [6, 6.07) is 0. The lowest BCUT2D eigenvalue weighted by molar-refractivity contribution is 0.221. The van der Waals surface area contributed by atoms with Crippen molar-refractivity contribution in [3.8, 4) is 0 Å². The minimum Gasteiger partial charge on any atom is -0.364 e. The first kappa shape index (κ1) is 24.0. The molecule has 0 saturated carbocycles. The molecular weight excluding hydrogens is 411 g/mol. The quantitative estimate of drug-likeness (QED) is 0.311. The molecule has 0 aliphatic carbocycles. The largest absolute Gasteiger partial charge is 0.367 e. The van der Waals surface area contributed by atoms with Crippen molar-refractivity contribution in [1.82, 2.24) is 9.80 Å². The van der Waals surface area contributed by atoms with E-state index in [0.717, 1.165) is 0 Å². The summed E-state index contributed by atoms with van der Waals surface area (Å²) in [6.45, 7) is 4.15. The highest BCUT2D eigenvalue weighted by Gasteiger charge is 2.54. The maximum absolute atomic E-state index is 13.5. The summed E-state index contributed by atoms with van der Waals surface area (Å²) >= 11 is 14.8. The summed E-state index contributed by atoms with van der Waals surface area (Å²) in [5.41, 5.74) is 0. The van der Waals surface area contributed by atoms with Gasteiger partial charge < -0.3 is 18.8 Å². The van der Waals surface area contributed by atoms with Crippen LogP contribution in [0.15, 0.2) is 0 Å². The van der Waals surface area contributed by atoms with Crippen molar-refractivity contribution >= 4 is 76.0 Å². The van der Waals surface area contributed by atoms with Crippen LogP contribution in [0.5, 0.6) is 0 Å². The van der Waals surface area contributed by atoms with E-state index in [0.29, 0.717) is 8.64 Å². The third-order valence-electron chi connectivity index (χ3n) is 2.35. The third-order valence-corrected chi connectivity index (χ3v) is 12.7. The van der Waals surface area contributed by atoms with Gasteiger partial charge in [-0.1, -0.05) is 48.0 Å². The molecule has 5 nitrogen and oxygen atoms in total. The number of nitrogens with zero attached hydrogens (tertiary/aromatic N) is 2. The summed E-state index contributed by atoms with van der Waals surface area (Å²) in [6.07, 6.45) is 1.86. The molecule has 0 atom stereocenters. The van der Waals surface area contributed by atoms with Crippen LogP contribution < -0.4 is 0 Å². The van der Waals surface area contributed by atoms with E-state index in [1.807, 2.05) is 34.4 Å². The molecular formula is C12H25N2O3PS5. The van der Waals surface area contributed by atoms with Gasteiger partial charge in [0.25, 0.3) is 0 Å². The third kappa shape index (κ3) is 6.66. The van der Waals surface area contributed by atoms with Gasteiger partial charge in [-0.05, 0) is 20.1 Å². The van der Waals surface area contributed by atoms with Crippen LogP contribution >= 0.6 is 67.3 Å². The fraction of sp³-hybridized carbons (Fsp3) is 0.833. The molecule has 0 unspecified atom stereocenters. The Morgan fingerprint density at radius 1 is 1.00 bits per heavy atom. The second-order valence-corrected chi connectivity index (χ2v) is 13.2. The number of rotatable bonds is 8. The van der Waals surface area contributed by atoms with Gasteiger partial charge in [-0.2, -0.15) is 0 Å². The van der Waals surface area contributed by atoms with Gasteiger partial charge in [0.1, 0.15) is 8.64 Å². The van der Waals surface area contributed by atoms with Crippen molar-refractivity contribution < 1.29 is 13.6 Å². The van der Waals surface area contributed by atoms with E-state index >= 15 is 0 Å². The van der Waals surface area contributed by atoms with E-state index in [-0.39, 0.29) is 13.2 Å². The summed E-state index contributed by atoms with van der Waals surface area (Å²) in [5.74, 6) is 0. The molecule has 23 heavy (non-hydrogen) atoms. The van der Waals surface area contributed by atoms with Gasteiger partial charge in [0, 0.05) is 28.2 Å². The monoisotopic (exact) mass is 436 g/mol. The van der Waals surface area contributed by atoms with Gasteiger partial charge in [0.15, 0.2) is 0 Å². The first-order chi connectivity index (χ1) is 10.6. The van der Waals surface area contributed by atoms with E-state index < -0.39 is 10.7 Å². The van der Waals surface area contributed by atoms with Gasteiger partial charge >= 0.3 is 7.60 Å². The van der Waals surface area contributed by atoms with Gasteiger partial charge in [-0.15, -0.1) is 11.8 Å². The average molecular weight is 437 g/mol. The molecule has 0 radical (unpaired) electrons. The highest BCUT2D eigenvalue weighted by Crippen LogP contribution is 2.74. The van der Waals surface area contributed by atoms with Crippen LogP contribution in [0, 0.1) is 0 Å². The number of thiocarbonyl (C=S) groups is 2. The zero-order valence-electron chi connectivity index (χ0n) is 14.5. The zero-order chi connectivity index (χ0) is 18.3. The van der Waals surface area contributed by atoms with E-state index in [4.69, 9.17) is 33.5 Å². The van der Waals surface area contributed by atoms with Gasteiger partial charge in [-0.25, -0.2) is 0 Å². The van der Waals surface area contributed by atoms with Crippen LogP contribution in [0.25, 0.3) is 0 Å². The number of hydrogen-bond acceptors (Lipinski definition) is 8. The molecule has 0 aliphatic heterocycles. The summed E-state index contributed by atoms with van der Waals surface area (Å²) in [5, 5.41) is 0. The summed E-state index contributed by atoms with van der Waals surface area (Å²) < 4.78 is 24.9. The number of thioether (sulfide) groups is 3. The van der Waals surface area contributed by atoms with Crippen LogP contribution in [-0.2, 0) is 13.6 Å². The SMILES string of the molecule is CCOP(=O)(OCC)C(SC)(SC(=S)N(C)C)SC(=S)N(C)C. The normalized spacial score (nSPS) is 12.1. The molecule has 0 aromatic rings. The van der Waals surface area contributed by atoms with Crippen LogP contribution in [0.3, 0.4) is 0 Å². The molecule has 0 rings (SSSR count). The highest BCUT2D eigenvalue weighted by atomic mass is 32.3. The topological polar surface area (TPSA) is 42.0 Å². The summed E-state index contributed by atoms with van der Waals surface area (Å²) in [7, 11) is 3.91. The van der Waals surface area contributed by atoms with Crippen molar-refractivity contribution in [3.63, 3.8) is 0 Å². The maximum atomic E-state index is 13.5. The molecule has 0 heterocycles. The van der Waals surface area contributed by atoms with Crippen molar-refractivity contribution in [3.05, 3.63) is 0 Å². The standard InChI is InChI=1S/C12H25N2O3PS5/c1-8-16-18(15,17-9-2)12(21-7,22-10(19)13(3)4)23-11(20)14(5)6/h8-9H2,1-7H3. The van der Waals surface area contributed by atoms with Crippen molar-refractivity contribution in [2.75, 3.05) is 47.7 Å². The molecule has 0 fully saturated rings. The van der Waals surface area contributed by atoms with Crippen LogP contribution in [0.2, 0.25) is 0 Å². The summed E-state index contributed by atoms with van der Waals surface area (Å²) in [4.78, 5) is 3.60. The molecule has 0 saturated heterocycles. The van der Waals surface area contributed by atoms with Gasteiger partial charge in [0.05, 0.1) is 13.2 Å².